The molecule has 0 saturated carbocycles. The number of piperidine rings is 1. The minimum atomic E-state index is -0.575. The molecule has 4 rings (SSSR count). The van der Waals surface area contributed by atoms with Gasteiger partial charge in [0.1, 0.15) is 12.1 Å². The third-order valence-electron chi connectivity index (χ3n) is 7.23. The maximum Gasteiger partial charge on any atom is 0.410 e. The van der Waals surface area contributed by atoms with Crippen LogP contribution in [0.5, 0.6) is 0 Å². The molecule has 0 bridgehead atoms. The Hall–Kier alpha value is -2.61. The van der Waals surface area contributed by atoms with Crippen LogP contribution in [0.4, 0.5) is 4.79 Å². The van der Waals surface area contributed by atoms with Gasteiger partial charge < -0.3 is 20.3 Å². The second-order valence-electron chi connectivity index (χ2n) is 9.82. The average molecular weight is 457 g/mol. The second kappa shape index (κ2) is 10.5. The number of rotatable bonds is 6. The highest BCUT2D eigenvalue weighted by Gasteiger charge is 2.42. The predicted molar refractivity (Wildman–Crippen MR) is 125 cm³/mol. The number of ether oxygens (including phenoxy) is 1. The van der Waals surface area contributed by atoms with Crippen molar-refractivity contribution in [1.82, 2.24) is 20.4 Å². The molecule has 4 atom stereocenters. The summed E-state index contributed by atoms with van der Waals surface area (Å²) in [6.07, 6.45) is 3.10. The van der Waals surface area contributed by atoms with Gasteiger partial charge in [0, 0.05) is 44.1 Å². The fraction of sp³-hybridized carbons (Fsp3) is 0.640. The Morgan fingerprint density at radius 2 is 1.91 bits per heavy atom. The zero-order chi connectivity index (χ0) is 23.4. The Morgan fingerprint density at radius 1 is 1.18 bits per heavy atom. The smallest absolute Gasteiger partial charge is 0.410 e. The molecule has 8 heteroatoms. The van der Waals surface area contributed by atoms with Gasteiger partial charge in [-0.05, 0) is 51.6 Å². The molecule has 3 aliphatic rings. The third kappa shape index (κ3) is 5.85. The SMILES string of the molecule is CC(CC1CCNC1=O)NC(=O)C1CC(c2ccccc2)CN1C(=O)OC1CCN(C)CC1. The molecule has 1 aromatic rings. The van der Waals surface area contributed by atoms with Crippen LogP contribution >= 0.6 is 0 Å². The number of carbonyl (C=O) groups excluding carboxylic acids is 3. The molecule has 33 heavy (non-hydrogen) atoms. The lowest BCUT2D eigenvalue weighted by Gasteiger charge is -2.31. The van der Waals surface area contributed by atoms with E-state index in [9.17, 15) is 14.4 Å². The van der Waals surface area contributed by atoms with Gasteiger partial charge >= 0.3 is 6.09 Å². The van der Waals surface area contributed by atoms with Gasteiger partial charge in [0.2, 0.25) is 11.8 Å². The van der Waals surface area contributed by atoms with Crippen molar-refractivity contribution < 1.29 is 19.1 Å². The molecule has 0 spiro atoms. The largest absolute Gasteiger partial charge is 0.446 e. The van der Waals surface area contributed by atoms with Crippen molar-refractivity contribution in [1.29, 1.82) is 0 Å². The van der Waals surface area contributed by atoms with Gasteiger partial charge in [-0.2, -0.15) is 0 Å². The van der Waals surface area contributed by atoms with Crippen molar-refractivity contribution in [3.8, 4) is 0 Å². The van der Waals surface area contributed by atoms with E-state index in [0.29, 0.717) is 25.9 Å². The van der Waals surface area contributed by atoms with Crippen LogP contribution in [-0.2, 0) is 14.3 Å². The van der Waals surface area contributed by atoms with Gasteiger partial charge in [0.05, 0.1) is 0 Å². The van der Waals surface area contributed by atoms with E-state index in [-0.39, 0.29) is 35.8 Å². The highest BCUT2D eigenvalue weighted by atomic mass is 16.6. The van der Waals surface area contributed by atoms with E-state index in [1.54, 1.807) is 4.90 Å². The van der Waals surface area contributed by atoms with Crippen LogP contribution in [0.3, 0.4) is 0 Å². The fourth-order valence-corrected chi connectivity index (χ4v) is 5.26. The summed E-state index contributed by atoms with van der Waals surface area (Å²) in [5.74, 6) is -0.0848. The molecule has 3 amide bonds. The van der Waals surface area contributed by atoms with Gasteiger partial charge in [-0.3, -0.25) is 14.5 Å². The Kier molecular flexibility index (Phi) is 7.53. The van der Waals surface area contributed by atoms with Gasteiger partial charge in [-0.15, -0.1) is 0 Å². The number of hydrogen-bond donors (Lipinski definition) is 2. The molecule has 3 saturated heterocycles. The third-order valence-corrected chi connectivity index (χ3v) is 7.23. The maximum absolute atomic E-state index is 13.3. The van der Waals surface area contributed by atoms with Crippen molar-refractivity contribution in [3.05, 3.63) is 35.9 Å². The van der Waals surface area contributed by atoms with Crippen LogP contribution in [0, 0.1) is 5.92 Å². The maximum atomic E-state index is 13.3. The van der Waals surface area contributed by atoms with E-state index in [1.807, 2.05) is 37.3 Å². The molecule has 0 aromatic heterocycles. The van der Waals surface area contributed by atoms with Gasteiger partial charge in [-0.1, -0.05) is 30.3 Å². The molecule has 0 radical (unpaired) electrons. The Morgan fingerprint density at radius 3 is 2.58 bits per heavy atom. The molecule has 3 heterocycles. The Bertz CT molecular complexity index is 840. The average Bonchev–Trinajstić information content (AvgIpc) is 3.43. The van der Waals surface area contributed by atoms with Crippen LogP contribution < -0.4 is 10.6 Å². The van der Waals surface area contributed by atoms with E-state index >= 15 is 0 Å². The molecule has 1 aromatic carbocycles. The zero-order valence-electron chi connectivity index (χ0n) is 19.7. The molecule has 3 fully saturated rings. The lowest BCUT2D eigenvalue weighted by molar-refractivity contribution is -0.127. The van der Waals surface area contributed by atoms with E-state index in [2.05, 4.69) is 22.6 Å². The zero-order valence-corrected chi connectivity index (χ0v) is 19.7. The lowest BCUT2D eigenvalue weighted by Crippen LogP contribution is -2.49. The molecular weight excluding hydrogens is 420 g/mol. The minimum Gasteiger partial charge on any atom is -0.446 e. The van der Waals surface area contributed by atoms with Crippen LogP contribution in [0.25, 0.3) is 0 Å². The van der Waals surface area contributed by atoms with Crippen LogP contribution in [0.15, 0.2) is 30.3 Å². The van der Waals surface area contributed by atoms with Crippen molar-refractivity contribution >= 4 is 17.9 Å². The number of benzene rings is 1. The van der Waals surface area contributed by atoms with E-state index in [1.165, 1.54) is 0 Å². The first-order valence-corrected chi connectivity index (χ1v) is 12.2. The molecule has 0 aliphatic carbocycles. The monoisotopic (exact) mass is 456 g/mol. The summed E-state index contributed by atoms with van der Waals surface area (Å²) in [5.41, 5.74) is 1.13. The summed E-state index contributed by atoms with van der Waals surface area (Å²) in [4.78, 5) is 42.2. The van der Waals surface area contributed by atoms with E-state index < -0.39 is 12.1 Å². The first kappa shape index (κ1) is 23.5. The van der Waals surface area contributed by atoms with Gasteiger partial charge in [0.25, 0.3) is 0 Å². The number of amides is 3. The van der Waals surface area contributed by atoms with Crippen LogP contribution in [-0.4, -0.2) is 79.1 Å². The van der Waals surface area contributed by atoms with Crippen molar-refractivity contribution in [2.75, 3.05) is 33.2 Å². The van der Waals surface area contributed by atoms with Crippen LogP contribution in [0.1, 0.15) is 50.5 Å². The van der Waals surface area contributed by atoms with Crippen LogP contribution in [0.2, 0.25) is 0 Å². The molecule has 4 unspecified atom stereocenters. The predicted octanol–water partition coefficient (Wildman–Crippen LogP) is 2.11. The highest BCUT2D eigenvalue weighted by Crippen LogP contribution is 2.33. The quantitative estimate of drug-likeness (QED) is 0.684. The number of hydrogen-bond acceptors (Lipinski definition) is 5. The molecule has 3 aliphatic heterocycles. The van der Waals surface area contributed by atoms with Crippen molar-refractivity contribution in [2.45, 2.75) is 63.1 Å². The summed E-state index contributed by atoms with van der Waals surface area (Å²) < 4.78 is 5.84. The number of carbonyl (C=O) groups is 3. The molecule has 2 N–H and O–H groups in total. The second-order valence-corrected chi connectivity index (χ2v) is 9.82. The lowest BCUT2D eigenvalue weighted by atomic mass is 9.95. The fourth-order valence-electron chi connectivity index (χ4n) is 5.26. The van der Waals surface area contributed by atoms with Crippen molar-refractivity contribution in [3.63, 3.8) is 0 Å². The molecule has 180 valence electrons. The summed E-state index contributed by atoms with van der Waals surface area (Å²) in [5, 5.41) is 5.91. The Labute approximate surface area is 196 Å². The van der Waals surface area contributed by atoms with Gasteiger partial charge in [0.15, 0.2) is 0 Å². The Balaban J connectivity index is 1.41. The normalized spacial score (nSPS) is 27.3. The van der Waals surface area contributed by atoms with Crippen molar-refractivity contribution in [2.24, 2.45) is 5.92 Å². The van der Waals surface area contributed by atoms with Gasteiger partial charge in [-0.25, -0.2) is 4.79 Å². The highest BCUT2D eigenvalue weighted by molar-refractivity contribution is 5.87. The number of likely N-dealkylation sites (tertiary alicyclic amines) is 2. The number of nitrogens with zero attached hydrogens (tertiary/aromatic N) is 2. The van der Waals surface area contributed by atoms with E-state index in [0.717, 1.165) is 37.9 Å². The first-order chi connectivity index (χ1) is 15.9. The summed E-state index contributed by atoms with van der Waals surface area (Å²) in [6, 6.07) is 9.31. The minimum absolute atomic E-state index is 0.0597. The first-order valence-electron chi connectivity index (χ1n) is 12.2. The van der Waals surface area contributed by atoms with E-state index in [4.69, 9.17) is 4.74 Å². The number of nitrogens with one attached hydrogen (secondary N) is 2. The summed E-state index contributed by atoms with van der Waals surface area (Å²) >= 11 is 0. The topological polar surface area (TPSA) is 91.0 Å². The summed E-state index contributed by atoms with van der Waals surface area (Å²) in [7, 11) is 2.07. The standard InChI is InChI=1S/C25H36N4O4/c1-17(14-19-8-11-26-23(19)30)27-24(31)22-15-20(18-6-4-3-5-7-18)16-29(22)25(32)33-21-9-12-28(2)13-10-21/h3-7,17,19-22H,8-16H2,1-2H3,(H,26,30)(H,27,31). The molecule has 8 nitrogen and oxygen atoms in total. The summed E-state index contributed by atoms with van der Waals surface area (Å²) in [6.45, 7) is 4.89. The molecular formula is C25H36N4O4.